The molecule has 0 saturated carbocycles. The highest BCUT2D eigenvalue weighted by Crippen LogP contribution is 2.34. The lowest BCUT2D eigenvalue weighted by molar-refractivity contribution is 0.0705. The quantitative estimate of drug-likeness (QED) is 0.571. The number of rotatable bonds is 3. The number of carbonyl (C=O) groups is 1. The Morgan fingerprint density at radius 2 is 1.84 bits per heavy atom. The van der Waals surface area contributed by atoms with Crippen molar-refractivity contribution in [2.45, 2.75) is 44.9 Å². The second-order valence-electron chi connectivity index (χ2n) is 9.20. The van der Waals surface area contributed by atoms with Crippen molar-refractivity contribution in [2.24, 2.45) is 0 Å². The van der Waals surface area contributed by atoms with Crippen LogP contribution in [0.15, 0.2) is 48.9 Å². The van der Waals surface area contributed by atoms with Crippen LogP contribution in [0.3, 0.4) is 0 Å². The highest BCUT2D eigenvalue weighted by Gasteiger charge is 2.30. The SMILES string of the molecule is CC(C)(C)c1ncc(-c2ccncc2)c(C2CCCN(C(=O)c3ccc(F)c(F)c3)C2)n1. The van der Waals surface area contributed by atoms with E-state index in [1.54, 1.807) is 17.3 Å². The fourth-order valence-electron chi connectivity index (χ4n) is 4.02. The van der Waals surface area contributed by atoms with Gasteiger partial charge in [0.2, 0.25) is 0 Å². The first-order chi connectivity index (χ1) is 15.2. The minimum Gasteiger partial charge on any atom is -0.338 e. The summed E-state index contributed by atoms with van der Waals surface area (Å²) in [5, 5.41) is 0. The number of hydrogen-bond acceptors (Lipinski definition) is 4. The molecule has 1 atom stereocenters. The van der Waals surface area contributed by atoms with Crippen molar-refractivity contribution in [2.75, 3.05) is 13.1 Å². The summed E-state index contributed by atoms with van der Waals surface area (Å²) < 4.78 is 27.0. The Balaban J connectivity index is 1.68. The van der Waals surface area contributed by atoms with Crippen LogP contribution >= 0.6 is 0 Å². The summed E-state index contributed by atoms with van der Waals surface area (Å²) in [4.78, 5) is 28.4. The summed E-state index contributed by atoms with van der Waals surface area (Å²) >= 11 is 0. The average molecular weight is 437 g/mol. The molecule has 1 aromatic carbocycles. The molecular formula is C25H26F2N4O. The molecule has 1 saturated heterocycles. The molecule has 1 amide bonds. The molecule has 3 aromatic rings. The third-order valence-corrected chi connectivity index (χ3v) is 5.74. The van der Waals surface area contributed by atoms with Crippen molar-refractivity contribution in [3.05, 3.63) is 77.6 Å². The number of pyridine rings is 1. The molecule has 4 rings (SSSR count). The molecule has 3 heterocycles. The zero-order valence-corrected chi connectivity index (χ0v) is 18.5. The number of carbonyl (C=O) groups excluding carboxylic acids is 1. The van der Waals surface area contributed by atoms with E-state index in [-0.39, 0.29) is 22.8 Å². The Kier molecular flexibility index (Phi) is 6.00. The molecule has 0 aliphatic carbocycles. The van der Waals surface area contributed by atoms with E-state index in [0.29, 0.717) is 13.1 Å². The van der Waals surface area contributed by atoms with Crippen LogP contribution in [0.2, 0.25) is 0 Å². The Morgan fingerprint density at radius 1 is 1.09 bits per heavy atom. The van der Waals surface area contributed by atoms with Crippen LogP contribution in [0.1, 0.15) is 61.4 Å². The maximum Gasteiger partial charge on any atom is 0.253 e. The Hall–Kier alpha value is -3.22. The molecule has 1 unspecified atom stereocenters. The van der Waals surface area contributed by atoms with Crippen LogP contribution in [0.5, 0.6) is 0 Å². The molecule has 1 aliphatic rings. The fourth-order valence-corrected chi connectivity index (χ4v) is 4.02. The maximum absolute atomic E-state index is 13.7. The van der Waals surface area contributed by atoms with Crippen molar-refractivity contribution in [1.82, 2.24) is 19.9 Å². The second kappa shape index (κ2) is 8.73. The van der Waals surface area contributed by atoms with Gasteiger partial charge in [0.1, 0.15) is 5.82 Å². The highest BCUT2D eigenvalue weighted by atomic mass is 19.2. The van der Waals surface area contributed by atoms with Crippen molar-refractivity contribution in [3.63, 3.8) is 0 Å². The molecule has 0 radical (unpaired) electrons. The summed E-state index contributed by atoms with van der Waals surface area (Å²) in [5.41, 5.74) is 2.73. The minimum absolute atomic E-state index is 0.00487. The molecule has 1 aliphatic heterocycles. The van der Waals surface area contributed by atoms with Crippen molar-refractivity contribution < 1.29 is 13.6 Å². The fraction of sp³-hybridized carbons (Fsp3) is 0.360. The number of hydrogen-bond donors (Lipinski definition) is 0. The standard InChI is InChI=1S/C25H26F2N4O/c1-25(2,3)24-29-14-19(16-8-10-28-11-9-16)22(30-24)18-5-4-12-31(15-18)23(32)17-6-7-20(26)21(27)13-17/h6-11,13-14,18H,4-5,12,15H2,1-3H3. The van der Waals surface area contributed by atoms with Gasteiger partial charge in [-0.1, -0.05) is 20.8 Å². The molecular weight excluding hydrogens is 410 g/mol. The lowest BCUT2D eigenvalue weighted by Crippen LogP contribution is -2.39. The number of likely N-dealkylation sites (tertiary alicyclic amines) is 1. The van der Waals surface area contributed by atoms with Gasteiger partial charge in [0.25, 0.3) is 5.91 Å². The zero-order chi connectivity index (χ0) is 22.9. The average Bonchev–Trinajstić information content (AvgIpc) is 2.80. The summed E-state index contributed by atoms with van der Waals surface area (Å²) in [5.74, 6) is -1.53. The Labute approximate surface area is 186 Å². The van der Waals surface area contributed by atoms with Crippen LogP contribution in [0.4, 0.5) is 8.78 Å². The van der Waals surface area contributed by atoms with Crippen LogP contribution in [0, 0.1) is 11.6 Å². The first kappa shape index (κ1) is 22.0. The predicted octanol–water partition coefficient (Wildman–Crippen LogP) is 5.13. The molecule has 0 N–H and O–H groups in total. The normalized spacial score (nSPS) is 16.8. The number of benzene rings is 1. The van der Waals surface area contributed by atoms with E-state index in [1.165, 1.54) is 6.07 Å². The lowest BCUT2D eigenvalue weighted by Gasteiger charge is -2.34. The molecule has 5 nitrogen and oxygen atoms in total. The molecule has 1 fully saturated rings. The topological polar surface area (TPSA) is 59.0 Å². The minimum atomic E-state index is -1.02. The Bertz CT molecular complexity index is 1130. The molecule has 2 aromatic heterocycles. The third-order valence-electron chi connectivity index (χ3n) is 5.74. The second-order valence-corrected chi connectivity index (χ2v) is 9.20. The monoisotopic (exact) mass is 436 g/mol. The first-order valence-corrected chi connectivity index (χ1v) is 10.8. The van der Waals surface area contributed by atoms with Gasteiger partial charge in [-0.25, -0.2) is 18.7 Å². The zero-order valence-electron chi connectivity index (χ0n) is 18.5. The summed E-state index contributed by atoms with van der Waals surface area (Å²) in [7, 11) is 0. The summed E-state index contributed by atoms with van der Waals surface area (Å²) in [6.07, 6.45) is 6.99. The van der Waals surface area contributed by atoms with Crippen molar-refractivity contribution >= 4 is 5.91 Å². The molecule has 0 bridgehead atoms. The maximum atomic E-state index is 13.7. The summed E-state index contributed by atoms with van der Waals surface area (Å²) in [6, 6.07) is 7.13. The largest absolute Gasteiger partial charge is 0.338 e. The number of halogens is 2. The number of nitrogens with zero attached hydrogens (tertiary/aromatic N) is 4. The molecule has 166 valence electrons. The van der Waals surface area contributed by atoms with E-state index in [9.17, 15) is 13.6 Å². The van der Waals surface area contributed by atoms with Gasteiger partial charge in [-0.15, -0.1) is 0 Å². The summed E-state index contributed by atoms with van der Waals surface area (Å²) in [6.45, 7) is 7.22. The molecule has 7 heteroatoms. The van der Waals surface area contributed by atoms with Gasteiger partial charge in [-0.05, 0) is 48.7 Å². The van der Waals surface area contributed by atoms with Crippen LogP contribution in [-0.2, 0) is 5.41 Å². The van der Waals surface area contributed by atoms with Crippen LogP contribution in [-0.4, -0.2) is 38.8 Å². The number of amides is 1. The molecule has 0 spiro atoms. The van der Waals surface area contributed by atoms with Gasteiger partial charge < -0.3 is 4.90 Å². The first-order valence-electron chi connectivity index (χ1n) is 10.8. The molecule has 32 heavy (non-hydrogen) atoms. The number of piperidine rings is 1. The lowest BCUT2D eigenvalue weighted by atomic mass is 9.88. The van der Waals surface area contributed by atoms with E-state index in [1.807, 2.05) is 18.3 Å². The highest BCUT2D eigenvalue weighted by molar-refractivity contribution is 5.94. The van der Waals surface area contributed by atoms with Gasteiger partial charge in [0.05, 0.1) is 5.69 Å². The van der Waals surface area contributed by atoms with Crippen molar-refractivity contribution in [1.29, 1.82) is 0 Å². The van der Waals surface area contributed by atoms with E-state index in [4.69, 9.17) is 4.98 Å². The Morgan fingerprint density at radius 3 is 2.53 bits per heavy atom. The van der Waals surface area contributed by atoms with Gasteiger partial charge in [-0.2, -0.15) is 0 Å². The van der Waals surface area contributed by atoms with Gasteiger partial charge in [0, 0.05) is 54.1 Å². The third kappa shape index (κ3) is 4.52. The number of aromatic nitrogens is 3. The van der Waals surface area contributed by atoms with Gasteiger partial charge in [-0.3, -0.25) is 9.78 Å². The van der Waals surface area contributed by atoms with E-state index in [0.717, 1.165) is 47.6 Å². The van der Waals surface area contributed by atoms with Crippen LogP contribution in [0.25, 0.3) is 11.1 Å². The predicted molar refractivity (Wildman–Crippen MR) is 118 cm³/mol. The van der Waals surface area contributed by atoms with Gasteiger partial charge in [0.15, 0.2) is 11.6 Å². The van der Waals surface area contributed by atoms with Gasteiger partial charge >= 0.3 is 0 Å². The van der Waals surface area contributed by atoms with E-state index < -0.39 is 11.6 Å². The van der Waals surface area contributed by atoms with E-state index >= 15 is 0 Å². The van der Waals surface area contributed by atoms with Crippen LogP contribution < -0.4 is 0 Å². The van der Waals surface area contributed by atoms with E-state index in [2.05, 4.69) is 30.7 Å². The smallest absolute Gasteiger partial charge is 0.253 e. The van der Waals surface area contributed by atoms with Crippen molar-refractivity contribution in [3.8, 4) is 11.1 Å².